The minimum Gasteiger partial charge on any atom is -0.228 e. The van der Waals surface area contributed by atoms with E-state index in [-0.39, 0.29) is 5.95 Å². The molecule has 0 amide bonds. The van der Waals surface area contributed by atoms with Crippen molar-refractivity contribution in [1.82, 2.24) is 4.98 Å². The third-order valence-electron chi connectivity index (χ3n) is 1.76. The van der Waals surface area contributed by atoms with E-state index in [9.17, 15) is 4.39 Å². The van der Waals surface area contributed by atoms with Gasteiger partial charge in [-0.25, -0.2) is 4.98 Å². The summed E-state index contributed by atoms with van der Waals surface area (Å²) in [5.41, 5.74) is 1.81. The summed E-state index contributed by atoms with van der Waals surface area (Å²) in [6, 6.07) is 1.88. The molecule has 1 aromatic rings. The van der Waals surface area contributed by atoms with Crippen LogP contribution in [0.5, 0.6) is 0 Å². The molecule has 0 aliphatic carbocycles. The van der Waals surface area contributed by atoms with Crippen molar-refractivity contribution in [2.75, 3.05) is 0 Å². The summed E-state index contributed by atoms with van der Waals surface area (Å²) < 4.78 is 12.8. The summed E-state index contributed by atoms with van der Waals surface area (Å²) in [6.45, 7) is 3.97. The Balaban J connectivity index is 3.02. The molecule has 0 spiro atoms. The molecule has 1 nitrogen and oxygen atoms in total. The van der Waals surface area contributed by atoms with E-state index < -0.39 is 0 Å². The molecule has 60 valence electrons. The molecule has 0 saturated carbocycles. The maximum absolute atomic E-state index is 12.8. The van der Waals surface area contributed by atoms with E-state index in [1.807, 2.05) is 19.9 Å². The molecular formula is C9H12FN. The molecule has 0 fully saturated rings. The fourth-order valence-corrected chi connectivity index (χ4v) is 0.984. The molecule has 0 aliphatic heterocycles. The Morgan fingerprint density at radius 2 is 2.09 bits per heavy atom. The highest BCUT2D eigenvalue weighted by Gasteiger charge is 2.00. The van der Waals surface area contributed by atoms with E-state index in [4.69, 9.17) is 0 Å². The number of nitrogens with zero attached hydrogens (tertiary/aromatic N) is 1. The highest BCUT2D eigenvalue weighted by atomic mass is 19.1. The molecule has 0 aliphatic rings. The third-order valence-corrected chi connectivity index (χ3v) is 1.76. The molecule has 0 aromatic carbocycles. The number of pyridine rings is 1. The van der Waals surface area contributed by atoms with Crippen molar-refractivity contribution >= 4 is 0 Å². The first-order valence-electron chi connectivity index (χ1n) is 3.91. The molecule has 0 saturated heterocycles. The second kappa shape index (κ2) is 3.46. The van der Waals surface area contributed by atoms with Crippen LogP contribution in [0.15, 0.2) is 12.3 Å². The Kier molecular flexibility index (Phi) is 2.58. The Hall–Kier alpha value is -0.920. The molecule has 1 aromatic heterocycles. The van der Waals surface area contributed by atoms with Gasteiger partial charge >= 0.3 is 0 Å². The standard InChI is InChI=1S/C9H12FN/c1-3-7-5-8(4-2)9(10)11-6-7/h5-6H,3-4H2,1-2H3. The van der Waals surface area contributed by atoms with Gasteiger partial charge in [0, 0.05) is 11.8 Å². The van der Waals surface area contributed by atoms with E-state index in [0.717, 1.165) is 12.0 Å². The molecule has 0 bridgehead atoms. The van der Waals surface area contributed by atoms with Crippen LogP contribution in [-0.4, -0.2) is 4.98 Å². The molecule has 0 unspecified atom stereocenters. The van der Waals surface area contributed by atoms with Crippen LogP contribution in [0.25, 0.3) is 0 Å². The van der Waals surface area contributed by atoms with Gasteiger partial charge in [0.15, 0.2) is 0 Å². The zero-order chi connectivity index (χ0) is 8.27. The highest BCUT2D eigenvalue weighted by molar-refractivity contribution is 5.19. The average molecular weight is 153 g/mol. The SMILES string of the molecule is CCc1cnc(F)c(CC)c1. The average Bonchev–Trinajstić information content (AvgIpc) is 2.05. The molecule has 0 atom stereocenters. The van der Waals surface area contributed by atoms with Crippen LogP contribution in [0.3, 0.4) is 0 Å². The summed E-state index contributed by atoms with van der Waals surface area (Å²) in [6.07, 6.45) is 3.22. The van der Waals surface area contributed by atoms with Gasteiger partial charge in [0.25, 0.3) is 0 Å². The van der Waals surface area contributed by atoms with Crippen LogP contribution in [-0.2, 0) is 12.8 Å². The Bertz CT molecular complexity index is 245. The smallest absolute Gasteiger partial charge is 0.216 e. The fraction of sp³-hybridized carbons (Fsp3) is 0.444. The molecule has 11 heavy (non-hydrogen) atoms. The molecule has 1 rings (SSSR count). The fourth-order valence-electron chi connectivity index (χ4n) is 0.984. The van der Waals surface area contributed by atoms with Crippen LogP contribution >= 0.6 is 0 Å². The maximum atomic E-state index is 12.8. The van der Waals surface area contributed by atoms with Gasteiger partial charge in [-0.2, -0.15) is 4.39 Å². The summed E-state index contributed by atoms with van der Waals surface area (Å²) in [5, 5.41) is 0. The Morgan fingerprint density at radius 1 is 1.36 bits per heavy atom. The van der Waals surface area contributed by atoms with Gasteiger partial charge in [-0.15, -0.1) is 0 Å². The predicted octanol–water partition coefficient (Wildman–Crippen LogP) is 2.35. The van der Waals surface area contributed by atoms with Crippen molar-refractivity contribution in [3.63, 3.8) is 0 Å². The van der Waals surface area contributed by atoms with Crippen LogP contribution in [0, 0.1) is 5.95 Å². The lowest BCUT2D eigenvalue weighted by Crippen LogP contribution is -1.94. The van der Waals surface area contributed by atoms with Crippen molar-refractivity contribution in [3.8, 4) is 0 Å². The number of hydrogen-bond donors (Lipinski definition) is 0. The Labute approximate surface area is 66.3 Å². The number of aryl methyl sites for hydroxylation is 2. The lowest BCUT2D eigenvalue weighted by Gasteiger charge is -2.00. The van der Waals surface area contributed by atoms with Crippen LogP contribution in [0.4, 0.5) is 4.39 Å². The van der Waals surface area contributed by atoms with Crippen molar-refractivity contribution in [1.29, 1.82) is 0 Å². The monoisotopic (exact) mass is 153 g/mol. The molecule has 2 heteroatoms. The summed E-state index contributed by atoms with van der Waals surface area (Å²) in [4.78, 5) is 3.65. The van der Waals surface area contributed by atoms with Gasteiger partial charge < -0.3 is 0 Å². The van der Waals surface area contributed by atoms with E-state index in [1.165, 1.54) is 0 Å². The zero-order valence-corrected chi connectivity index (χ0v) is 6.89. The van der Waals surface area contributed by atoms with E-state index in [0.29, 0.717) is 12.0 Å². The third kappa shape index (κ3) is 1.76. The first-order valence-corrected chi connectivity index (χ1v) is 3.91. The normalized spacial score (nSPS) is 10.1. The van der Waals surface area contributed by atoms with Crippen molar-refractivity contribution in [2.24, 2.45) is 0 Å². The minimum atomic E-state index is -0.329. The highest BCUT2D eigenvalue weighted by Crippen LogP contribution is 2.08. The maximum Gasteiger partial charge on any atom is 0.216 e. The largest absolute Gasteiger partial charge is 0.228 e. The molecule has 0 N–H and O–H groups in total. The number of aromatic nitrogens is 1. The van der Waals surface area contributed by atoms with Gasteiger partial charge in [-0.3, -0.25) is 0 Å². The van der Waals surface area contributed by atoms with Crippen molar-refractivity contribution in [3.05, 3.63) is 29.3 Å². The van der Waals surface area contributed by atoms with E-state index >= 15 is 0 Å². The first kappa shape index (κ1) is 8.18. The Morgan fingerprint density at radius 3 is 2.64 bits per heavy atom. The van der Waals surface area contributed by atoms with Gasteiger partial charge in [0.05, 0.1) is 0 Å². The quantitative estimate of drug-likeness (QED) is 0.594. The number of hydrogen-bond acceptors (Lipinski definition) is 1. The van der Waals surface area contributed by atoms with Gasteiger partial charge in [0.1, 0.15) is 0 Å². The van der Waals surface area contributed by atoms with Gasteiger partial charge in [-0.1, -0.05) is 13.8 Å². The van der Waals surface area contributed by atoms with Crippen LogP contribution in [0.1, 0.15) is 25.0 Å². The lowest BCUT2D eigenvalue weighted by atomic mass is 10.1. The van der Waals surface area contributed by atoms with Gasteiger partial charge in [0.2, 0.25) is 5.95 Å². The van der Waals surface area contributed by atoms with Gasteiger partial charge in [-0.05, 0) is 24.5 Å². The first-order chi connectivity index (χ1) is 5.27. The van der Waals surface area contributed by atoms with E-state index in [2.05, 4.69) is 4.98 Å². The van der Waals surface area contributed by atoms with Crippen molar-refractivity contribution in [2.45, 2.75) is 26.7 Å². The molecular weight excluding hydrogens is 141 g/mol. The predicted molar refractivity (Wildman–Crippen MR) is 43.0 cm³/mol. The second-order valence-corrected chi connectivity index (χ2v) is 2.50. The summed E-state index contributed by atoms with van der Waals surface area (Å²) in [7, 11) is 0. The lowest BCUT2D eigenvalue weighted by molar-refractivity contribution is 0.567. The molecule has 0 radical (unpaired) electrons. The number of rotatable bonds is 2. The second-order valence-electron chi connectivity index (χ2n) is 2.50. The van der Waals surface area contributed by atoms with Crippen LogP contribution < -0.4 is 0 Å². The van der Waals surface area contributed by atoms with Crippen molar-refractivity contribution < 1.29 is 4.39 Å². The molecule has 1 heterocycles. The summed E-state index contributed by atoms with van der Waals surface area (Å²) in [5.74, 6) is -0.329. The summed E-state index contributed by atoms with van der Waals surface area (Å²) >= 11 is 0. The zero-order valence-electron chi connectivity index (χ0n) is 6.89. The minimum absolute atomic E-state index is 0.329. The number of halogens is 1. The van der Waals surface area contributed by atoms with E-state index in [1.54, 1.807) is 6.20 Å². The topological polar surface area (TPSA) is 12.9 Å². The van der Waals surface area contributed by atoms with Crippen LogP contribution in [0.2, 0.25) is 0 Å².